The summed E-state index contributed by atoms with van der Waals surface area (Å²) in [4.78, 5) is 42.2. The van der Waals surface area contributed by atoms with E-state index in [2.05, 4.69) is 15.4 Å². The van der Waals surface area contributed by atoms with E-state index in [1.807, 2.05) is 4.98 Å². The van der Waals surface area contributed by atoms with Crippen molar-refractivity contribution in [2.24, 2.45) is 5.84 Å². The number of anilines is 1. The van der Waals surface area contributed by atoms with Crippen LogP contribution >= 0.6 is 0 Å². The summed E-state index contributed by atoms with van der Waals surface area (Å²) in [6.45, 7) is -0.0751. The van der Waals surface area contributed by atoms with Crippen molar-refractivity contribution >= 4 is 11.5 Å². The number of nitrogens with zero attached hydrogens (tertiary/aromatic N) is 4. The average molecular weight is 279 g/mol. The molecular formula is C9H9N7O4. The molecule has 0 amide bonds. The van der Waals surface area contributed by atoms with Crippen molar-refractivity contribution in [3.8, 4) is 0 Å². The maximum atomic E-state index is 11.5. The summed E-state index contributed by atoms with van der Waals surface area (Å²) in [5.74, 6) is 5.45. The second-order valence-electron chi connectivity index (χ2n) is 3.70. The molecule has 0 radical (unpaired) electrons. The Hall–Kier alpha value is -3.08. The molecule has 0 bridgehead atoms. The molecule has 0 aliphatic carbocycles. The van der Waals surface area contributed by atoms with Gasteiger partial charge >= 0.3 is 16.9 Å². The Morgan fingerprint density at radius 1 is 1.40 bits per heavy atom. The standard InChI is InChI=1S/C9H9N7O4/c10-14-7-2-11-5(1-12-7)3-15-4-6(16(19)20)8(17)13-9(15)18/h1-2,4H,3,10H2,(H,12,14)(H,13,17,18). The molecule has 2 heterocycles. The lowest BCUT2D eigenvalue weighted by molar-refractivity contribution is -0.386. The van der Waals surface area contributed by atoms with E-state index in [1.54, 1.807) is 0 Å². The maximum Gasteiger partial charge on any atom is 0.350 e. The second-order valence-corrected chi connectivity index (χ2v) is 3.70. The molecule has 0 saturated carbocycles. The normalized spacial score (nSPS) is 10.2. The predicted octanol–water partition coefficient (Wildman–Crippen LogP) is -1.43. The van der Waals surface area contributed by atoms with Gasteiger partial charge in [-0.15, -0.1) is 0 Å². The number of H-pyrrole nitrogens is 1. The van der Waals surface area contributed by atoms with E-state index in [0.29, 0.717) is 11.5 Å². The van der Waals surface area contributed by atoms with Crippen LogP contribution in [0.3, 0.4) is 0 Å². The summed E-state index contributed by atoms with van der Waals surface area (Å²) in [6.07, 6.45) is 3.54. The van der Waals surface area contributed by atoms with Crippen LogP contribution in [0.15, 0.2) is 28.2 Å². The van der Waals surface area contributed by atoms with Gasteiger partial charge in [0.15, 0.2) is 5.82 Å². The first-order chi connectivity index (χ1) is 9.51. The molecule has 0 aliphatic heterocycles. The molecule has 4 N–H and O–H groups in total. The lowest BCUT2D eigenvalue weighted by Crippen LogP contribution is -2.31. The summed E-state index contributed by atoms with van der Waals surface area (Å²) < 4.78 is 0.957. The Labute approximate surface area is 110 Å². The molecule has 0 saturated heterocycles. The first kappa shape index (κ1) is 13.4. The van der Waals surface area contributed by atoms with Gasteiger partial charge < -0.3 is 5.43 Å². The number of aromatic nitrogens is 4. The largest absolute Gasteiger partial charge is 0.350 e. The zero-order valence-electron chi connectivity index (χ0n) is 9.94. The fourth-order valence-electron chi connectivity index (χ4n) is 1.43. The molecule has 11 heteroatoms. The van der Waals surface area contributed by atoms with Crippen LogP contribution in [0.25, 0.3) is 0 Å². The predicted molar refractivity (Wildman–Crippen MR) is 66.9 cm³/mol. The molecule has 20 heavy (non-hydrogen) atoms. The minimum Gasteiger partial charge on any atom is -0.307 e. The van der Waals surface area contributed by atoms with Crippen molar-refractivity contribution in [2.75, 3.05) is 5.43 Å². The maximum absolute atomic E-state index is 11.5. The summed E-state index contributed by atoms with van der Waals surface area (Å²) in [5, 5.41) is 10.6. The Morgan fingerprint density at radius 3 is 2.70 bits per heavy atom. The number of nitro groups is 1. The van der Waals surface area contributed by atoms with Crippen LogP contribution in [0.4, 0.5) is 11.5 Å². The highest BCUT2D eigenvalue weighted by atomic mass is 16.6. The Morgan fingerprint density at radius 2 is 2.15 bits per heavy atom. The van der Waals surface area contributed by atoms with Crippen LogP contribution in [-0.4, -0.2) is 24.4 Å². The number of hydrogen-bond donors (Lipinski definition) is 3. The first-order valence-corrected chi connectivity index (χ1v) is 5.27. The number of rotatable bonds is 4. The van der Waals surface area contributed by atoms with Crippen LogP contribution in [0.1, 0.15) is 5.69 Å². The van der Waals surface area contributed by atoms with Gasteiger partial charge in [-0.3, -0.25) is 29.4 Å². The molecule has 2 aromatic rings. The molecule has 0 unspecified atom stereocenters. The highest BCUT2D eigenvalue weighted by molar-refractivity contribution is 5.28. The van der Waals surface area contributed by atoms with Crippen molar-refractivity contribution in [1.82, 2.24) is 19.5 Å². The van der Waals surface area contributed by atoms with Crippen molar-refractivity contribution in [2.45, 2.75) is 6.54 Å². The monoisotopic (exact) mass is 279 g/mol. The third-order valence-corrected chi connectivity index (χ3v) is 2.37. The van der Waals surface area contributed by atoms with Gasteiger partial charge in [0.05, 0.1) is 35.8 Å². The van der Waals surface area contributed by atoms with Gasteiger partial charge in [0, 0.05) is 0 Å². The van der Waals surface area contributed by atoms with Crippen molar-refractivity contribution < 1.29 is 4.92 Å². The van der Waals surface area contributed by atoms with E-state index < -0.39 is 21.9 Å². The minimum atomic E-state index is -1.05. The van der Waals surface area contributed by atoms with E-state index in [1.165, 1.54) is 12.4 Å². The van der Waals surface area contributed by atoms with Crippen molar-refractivity contribution in [3.05, 3.63) is 55.2 Å². The molecule has 0 aliphatic rings. The van der Waals surface area contributed by atoms with Gasteiger partial charge in [-0.2, -0.15) is 0 Å². The fourth-order valence-corrected chi connectivity index (χ4v) is 1.43. The lowest BCUT2D eigenvalue weighted by Gasteiger charge is -2.04. The zero-order chi connectivity index (χ0) is 14.7. The molecule has 0 aromatic carbocycles. The van der Waals surface area contributed by atoms with Gasteiger partial charge in [-0.05, 0) is 0 Å². The Kier molecular flexibility index (Phi) is 3.52. The minimum absolute atomic E-state index is 0.0751. The molecule has 11 nitrogen and oxygen atoms in total. The van der Waals surface area contributed by atoms with E-state index in [0.717, 1.165) is 10.8 Å². The summed E-state index contributed by atoms with van der Waals surface area (Å²) >= 11 is 0. The molecule has 2 rings (SSSR count). The van der Waals surface area contributed by atoms with E-state index in [9.17, 15) is 19.7 Å². The van der Waals surface area contributed by atoms with Crippen LogP contribution in [0.2, 0.25) is 0 Å². The fraction of sp³-hybridized carbons (Fsp3) is 0.111. The number of nitrogen functional groups attached to an aromatic ring is 1. The third-order valence-electron chi connectivity index (χ3n) is 2.37. The number of nitrogens with two attached hydrogens (primary N) is 1. The van der Waals surface area contributed by atoms with Gasteiger partial charge in [0.25, 0.3) is 0 Å². The first-order valence-electron chi connectivity index (χ1n) is 5.27. The van der Waals surface area contributed by atoms with E-state index >= 15 is 0 Å². The molecule has 0 atom stereocenters. The molecule has 0 spiro atoms. The van der Waals surface area contributed by atoms with Crippen LogP contribution in [-0.2, 0) is 6.54 Å². The van der Waals surface area contributed by atoms with Crippen LogP contribution in [0.5, 0.6) is 0 Å². The number of hydrogen-bond acceptors (Lipinski definition) is 8. The highest BCUT2D eigenvalue weighted by Gasteiger charge is 2.15. The smallest absolute Gasteiger partial charge is 0.307 e. The number of hydrazine groups is 1. The molecular weight excluding hydrogens is 270 g/mol. The van der Waals surface area contributed by atoms with Gasteiger partial charge in [-0.25, -0.2) is 15.6 Å². The topological polar surface area (TPSA) is 162 Å². The van der Waals surface area contributed by atoms with Crippen molar-refractivity contribution in [3.63, 3.8) is 0 Å². The molecule has 0 fully saturated rings. The van der Waals surface area contributed by atoms with E-state index in [-0.39, 0.29) is 6.54 Å². The average Bonchev–Trinajstić information content (AvgIpc) is 2.42. The van der Waals surface area contributed by atoms with Gasteiger partial charge in [-0.1, -0.05) is 0 Å². The van der Waals surface area contributed by atoms with Gasteiger partial charge in [0.2, 0.25) is 0 Å². The van der Waals surface area contributed by atoms with Crippen LogP contribution in [0, 0.1) is 10.1 Å². The Balaban J connectivity index is 2.37. The molecule has 104 valence electrons. The third kappa shape index (κ3) is 2.67. The number of nitrogens with one attached hydrogen (secondary N) is 2. The second kappa shape index (κ2) is 5.27. The lowest BCUT2D eigenvalue weighted by atomic mass is 10.4. The van der Waals surface area contributed by atoms with Gasteiger partial charge in [0.1, 0.15) is 0 Å². The van der Waals surface area contributed by atoms with Crippen LogP contribution < -0.4 is 22.5 Å². The summed E-state index contributed by atoms with van der Waals surface area (Å²) in [6, 6.07) is 0. The van der Waals surface area contributed by atoms with Crippen molar-refractivity contribution in [1.29, 1.82) is 0 Å². The number of aromatic amines is 1. The quantitative estimate of drug-likeness (QED) is 0.348. The van der Waals surface area contributed by atoms with E-state index in [4.69, 9.17) is 5.84 Å². The highest BCUT2D eigenvalue weighted by Crippen LogP contribution is 2.03. The summed E-state index contributed by atoms with van der Waals surface area (Å²) in [7, 11) is 0. The molecule has 2 aromatic heterocycles. The Bertz CT molecular complexity index is 748. The zero-order valence-corrected chi connectivity index (χ0v) is 9.94. The summed E-state index contributed by atoms with van der Waals surface area (Å²) in [5.41, 5.74) is 0.100. The SMILES string of the molecule is NNc1cnc(Cn2cc([N+](=O)[O-])c(=O)[nH]c2=O)cn1.